The minimum atomic E-state index is 1.03. The van der Waals surface area contributed by atoms with Gasteiger partial charge in [0.05, 0.1) is 0 Å². The van der Waals surface area contributed by atoms with Gasteiger partial charge in [0.2, 0.25) is 0 Å². The van der Waals surface area contributed by atoms with Crippen LogP contribution in [0.25, 0.3) is 0 Å². The molecule has 0 saturated heterocycles. The molecule has 3 rings (SSSR count). The highest BCUT2D eigenvalue weighted by Gasteiger charge is 2.32. The maximum Gasteiger partial charge on any atom is -0.0276 e. The second kappa shape index (κ2) is 6.59. The van der Waals surface area contributed by atoms with Crippen LogP contribution in [0.2, 0.25) is 0 Å². The Kier molecular flexibility index (Phi) is 4.58. The molecule has 104 valence electrons. The third-order valence-electron chi connectivity index (χ3n) is 5.62. The van der Waals surface area contributed by atoms with E-state index in [4.69, 9.17) is 0 Å². The molecule has 1 aromatic carbocycles. The largest absolute Gasteiger partial charge is 0.0622 e. The summed E-state index contributed by atoms with van der Waals surface area (Å²) < 4.78 is 0. The molecule has 0 aromatic heterocycles. The van der Waals surface area contributed by atoms with Gasteiger partial charge >= 0.3 is 0 Å². The number of hydrogen-bond acceptors (Lipinski definition) is 0. The van der Waals surface area contributed by atoms with E-state index in [9.17, 15) is 0 Å². The Morgan fingerprint density at radius 1 is 0.789 bits per heavy atom. The van der Waals surface area contributed by atoms with Gasteiger partial charge in [0, 0.05) is 0 Å². The molecule has 0 amide bonds. The molecule has 0 unspecified atom stereocenters. The SMILES string of the molecule is c1ccc(CCC(C2CCCC2)C2CCCC2)cc1. The molecule has 1 aromatic rings. The van der Waals surface area contributed by atoms with E-state index in [0.29, 0.717) is 0 Å². The van der Waals surface area contributed by atoms with Crippen LogP contribution in [0.4, 0.5) is 0 Å². The summed E-state index contributed by atoms with van der Waals surface area (Å²) in [5, 5.41) is 0. The second-order valence-corrected chi connectivity index (χ2v) is 6.78. The fourth-order valence-electron chi connectivity index (χ4n) is 4.61. The van der Waals surface area contributed by atoms with Crippen LogP contribution in [0.15, 0.2) is 30.3 Å². The van der Waals surface area contributed by atoms with E-state index in [-0.39, 0.29) is 0 Å². The van der Waals surface area contributed by atoms with Gasteiger partial charge in [-0.05, 0) is 36.2 Å². The van der Waals surface area contributed by atoms with Gasteiger partial charge in [0.1, 0.15) is 0 Å². The lowest BCUT2D eigenvalue weighted by Crippen LogP contribution is -2.21. The smallest absolute Gasteiger partial charge is 0.0276 e. The van der Waals surface area contributed by atoms with E-state index in [2.05, 4.69) is 30.3 Å². The van der Waals surface area contributed by atoms with E-state index in [1.165, 1.54) is 64.2 Å². The average molecular weight is 256 g/mol. The predicted octanol–water partition coefficient (Wildman–Crippen LogP) is 5.62. The van der Waals surface area contributed by atoms with E-state index >= 15 is 0 Å². The molecule has 0 nitrogen and oxygen atoms in total. The minimum Gasteiger partial charge on any atom is -0.0622 e. The second-order valence-electron chi connectivity index (χ2n) is 6.78. The van der Waals surface area contributed by atoms with E-state index in [1.807, 2.05) is 0 Å². The summed E-state index contributed by atoms with van der Waals surface area (Å²) >= 11 is 0. The molecule has 0 spiro atoms. The Balaban J connectivity index is 1.61. The molecule has 0 atom stereocenters. The van der Waals surface area contributed by atoms with Crippen molar-refractivity contribution in [3.63, 3.8) is 0 Å². The molecule has 2 aliphatic rings. The fraction of sp³-hybridized carbons (Fsp3) is 0.684. The summed E-state index contributed by atoms with van der Waals surface area (Å²) in [7, 11) is 0. The van der Waals surface area contributed by atoms with Crippen molar-refractivity contribution >= 4 is 0 Å². The first kappa shape index (κ1) is 13.2. The van der Waals surface area contributed by atoms with Crippen molar-refractivity contribution < 1.29 is 0 Å². The first-order chi connectivity index (χ1) is 9.43. The first-order valence-electron chi connectivity index (χ1n) is 8.47. The van der Waals surface area contributed by atoms with E-state index in [1.54, 1.807) is 5.56 Å². The maximum absolute atomic E-state index is 2.31. The van der Waals surface area contributed by atoms with Gasteiger partial charge in [-0.15, -0.1) is 0 Å². The summed E-state index contributed by atoms with van der Waals surface area (Å²) in [6.07, 6.45) is 14.8. The van der Waals surface area contributed by atoms with Crippen molar-refractivity contribution in [3.8, 4) is 0 Å². The van der Waals surface area contributed by atoms with Crippen molar-refractivity contribution in [1.82, 2.24) is 0 Å². The lowest BCUT2D eigenvalue weighted by molar-refractivity contribution is 0.216. The monoisotopic (exact) mass is 256 g/mol. The van der Waals surface area contributed by atoms with Gasteiger partial charge in [-0.1, -0.05) is 81.7 Å². The molecule has 0 aliphatic heterocycles. The van der Waals surface area contributed by atoms with Crippen LogP contribution in [0.3, 0.4) is 0 Å². The highest BCUT2D eigenvalue weighted by atomic mass is 14.4. The van der Waals surface area contributed by atoms with E-state index < -0.39 is 0 Å². The van der Waals surface area contributed by atoms with Crippen molar-refractivity contribution in [1.29, 1.82) is 0 Å². The van der Waals surface area contributed by atoms with Gasteiger partial charge in [0.25, 0.3) is 0 Å². The zero-order valence-electron chi connectivity index (χ0n) is 12.2. The summed E-state index contributed by atoms with van der Waals surface area (Å²) in [5.41, 5.74) is 1.54. The molecule has 0 heteroatoms. The lowest BCUT2D eigenvalue weighted by atomic mass is 9.76. The number of rotatable bonds is 5. The molecule has 0 heterocycles. The van der Waals surface area contributed by atoms with Crippen LogP contribution in [0.5, 0.6) is 0 Å². The highest BCUT2D eigenvalue weighted by Crippen LogP contribution is 2.43. The molecular weight excluding hydrogens is 228 g/mol. The third kappa shape index (κ3) is 3.41. The van der Waals surface area contributed by atoms with Crippen LogP contribution in [0.1, 0.15) is 63.4 Å². The topological polar surface area (TPSA) is 0 Å². The van der Waals surface area contributed by atoms with Crippen LogP contribution in [0, 0.1) is 17.8 Å². The molecular formula is C19H28. The van der Waals surface area contributed by atoms with Gasteiger partial charge in [-0.3, -0.25) is 0 Å². The van der Waals surface area contributed by atoms with Crippen LogP contribution < -0.4 is 0 Å². The van der Waals surface area contributed by atoms with Crippen LogP contribution in [-0.4, -0.2) is 0 Å². The van der Waals surface area contributed by atoms with Crippen LogP contribution >= 0.6 is 0 Å². The summed E-state index contributed by atoms with van der Waals surface area (Å²) in [5.74, 6) is 3.16. The molecule has 2 fully saturated rings. The number of aryl methyl sites for hydroxylation is 1. The van der Waals surface area contributed by atoms with Crippen molar-refractivity contribution in [3.05, 3.63) is 35.9 Å². The zero-order chi connectivity index (χ0) is 12.9. The predicted molar refractivity (Wildman–Crippen MR) is 82.2 cm³/mol. The molecule has 2 aliphatic carbocycles. The lowest BCUT2D eigenvalue weighted by Gasteiger charge is -2.29. The van der Waals surface area contributed by atoms with Gasteiger partial charge < -0.3 is 0 Å². The minimum absolute atomic E-state index is 1.03. The summed E-state index contributed by atoms with van der Waals surface area (Å²) in [4.78, 5) is 0. The zero-order valence-corrected chi connectivity index (χ0v) is 12.2. The first-order valence-corrected chi connectivity index (χ1v) is 8.47. The summed E-state index contributed by atoms with van der Waals surface area (Å²) in [6, 6.07) is 11.1. The van der Waals surface area contributed by atoms with Gasteiger partial charge in [-0.2, -0.15) is 0 Å². The normalized spacial score (nSPS) is 21.5. The Morgan fingerprint density at radius 3 is 1.84 bits per heavy atom. The highest BCUT2D eigenvalue weighted by molar-refractivity contribution is 5.14. The van der Waals surface area contributed by atoms with E-state index in [0.717, 1.165) is 17.8 Å². The van der Waals surface area contributed by atoms with Gasteiger partial charge in [-0.25, -0.2) is 0 Å². The fourth-order valence-corrected chi connectivity index (χ4v) is 4.61. The quantitative estimate of drug-likeness (QED) is 0.641. The number of benzene rings is 1. The Hall–Kier alpha value is -0.780. The molecule has 0 radical (unpaired) electrons. The standard InChI is InChI=1S/C19H28/c1-2-8-16(9-3-1)14-15-19(17-10-4-5-11-17)18-12-6-7-13-18/h1-3,8-9,17-19H,4-7,10-15H2. The average Bonchev–Trinajstić information content (AvgIpc) is 3.13. The Labute approximate surface area is 118 Å². The van der Waals surface area contributed by atoms with Crippen molar-refractivity contribution in [2.24, 2.45) is 17.8 Å². The van der Waals surface area contributed by atoms with Crippen LogP contribution in [-0.2, 0) is 6.42 Å². The summed E-state index contributed by atoms with van der Waals surface area (Å²) in [6.45, 7) is 0. The van der Waals surface area contributed by atoms with Gasteiger partial charge in [0.15, 0.2) is 0 Å². The van der Waals surface area contributed by atoms with Crippen molar-refractivity contribution in [2.75, 3.05) is 0 Å². The van der Waals surface area contributed by atoms with Crippen molar-refractivity contribution in [2.45, 2.75) is 64.2 Å². The Morgan fingerprint density at radius 2 is 1.32 bits per heavy atom. The molecule has 0 N–H and O–H groups in total. The molecule has 0 bridgehead atoms. The maximum atomic E-state index is 2.31. The molecule has 19 heavy (non-hydrogen) atoms. The third-order valence-corrected chi connectivity index (χ3v) is 5.62. The number of hydrogen-bond donors (Lipinski definition) is 0. The Bertz CT molecular complexity index is 339. The molecule has 2 saturated carbocycles.